The van der Waals surface area contributed by atoms with E-state index in [2.05, 4.69) is 160 Å². The van der Waals surface area contributed by atoms with Crippen molar-refractivity contribution in [1.82, 2.24) is 0 Å². The molecule has 2 rings (SSSR count). The fraction of sp³-hybridized carbons (Fsp3) is 0.632. The van der Waals surface area contributed by atoms with E-state index >= 15 is 0 Å². The second-order valence-electron chi connectivity index (χ2n) is 17.8. The van der Waals surface area contributed by atoms with Crippen molar-refractivity contribution in [3.05, 3.63) is 63.2 Å². The average molecular weight is 547 g/mol. The minimum atomic E-state index is 0.00980. The number of rotatable bonds is 1. The van der Waals surface area contributed by atoms with Gasteiger partial charge in [0.2, 0.25) is 0 Å². The summed E-state index contributed by atoms with van der Waals surface area (Å²) in [4.78, 5) is 0. The van der Waals surface area contributed by atoms with Gasteiger partial charge in [0.15, 0.2) is 0 Å². The summed E-state index contributed by atoms with van der Waals surface area (Å²) in [7, 11) is 0.439. The zero-order valence-electron chi connectivity index (χ0n) is 28.8. The maximum Gasteiger partial charge on any atom is 0.0323 e. The van der Waals surface area contributed by atoms with Gasteiger partial charge in [-0.25, -0.2) is 0 Å². The first-order valence-corrected chi connectivity index (χ1v) is 15.8. The molecule has 0 aliphatic rings. The Labute approximate surface area is 245 Å². The third kappa shape index (κ3) is 8.23. The van der Waals surface area contributed by atoms with Crippen molar-refractivity contribution in [2.24, 2.45) is 0 Å². The molecule has 0 aromatic heterocycles. The first-order chi connectivity index (χ1) is 17.1. The standard InChI is InChI=1S/C38H59P/c1-33(2,3)25-21-28(35(7,8)9)27(29(22-25)36(10,11)12)19-20-39-32-30(37(13,14)15)23-26(34(4,5)6)24-31(32)38(16,17)18/h21-24,39H,1-18H3. The van der Waals surface area contributed by atoms with E-state index in [-0.39, 0.29) is 32.5 Å². The fourth-order valence-electron chi connectivity index (χ4n) is 4.94. The third-order valence-electron chi connectivity index (χ3n) is 7.62. The molecule has 0 amide bonds. The molecule has 0 N–H and O–H groups in total. The first kappa shape index (κ1) is 33.6. The zero-order chi connectivity index (χ0) is 30.6. The summed E-state index contributed by atoms with van der Waals surface area (Å²) in [6.07, 6.45) is 0. The number of hydrogen-bond acceptors (Lipinski definition) is 0. The van der Waals surface area contributed by atoms with Gasteiger partial charge in [-0.2, -0.15) is 0 Å². The van der Waals surface area contributed by atoms with Crippen LogP contribution in [0.1, 0.15) is 164 Å². The van der Waals surface area contributed by atoms with Gasteiger partial charge in [0, 0.05) is 5.56 Å². The molecule has 0 nitrogen and oxygen atoms in total. The molecule has 216 valence electrons. The van der Waals surface area contributed by atoms with Crippen molar-refractivity contribution in [2.75, 3.05) is 0 Å². The van der Waals surface area contributed by atoms with E-state index in [4.69, 9.17) is 0 Å². The van der Waals surface area contributed by atoms with E-state index in [9.17, 15) is 0 Å². The lowest BCUT2D eigenvalue weighted by atomic mass is 9.72. The molecule has 39 heavy (non-hydrogen) atoms. The average Bonchev–Trinajstić information content (AvgIpc) is 2.68. The molecule has 1 atom stereocenters. The monoisotopic (exact) mass is 546 g/mol. The number of hydrogen-bond donors (Lipinski definition) is 0. The van der Waals surface area contributed by atoms with Gasteiger partial charge >= 0.3 is 0 Å². The van der Waals surface area contributed by atoms with Gasteiger partial charge in [-0.15, -0.1) is 0 Å². The topological polar surface area (TPSA) is 0 Å². The Hall–Kier alpha value is -1.57. The van der Waals surface area contributed by atoms with Crippen LogP contribution in [0, 0.1) is 11.6 Å². The normalized spacial score (nSPS) is 14.1. The van der Waals surface area contributed by atoms with Crippen LogP contribution < -0.4 is 5.30 Å². The first-order valence-electron chi connectivity index (χ1n) is 14.8. The predicted molar refractivity (Wildman–Crippen MR) is 180 cm³/mol. The maximum atomic E-state index is 3.79. The van der Waals surface area contributed by atoms with Gasteiger partial charge in [0.05, 0.1) is 0 Å². The van der Waals surface area contributed by atoms with Gasteiger partial charge in [-0.3, -0.25) is 0 Å². The summed E-state index contributed by atoms with van der Waals surface area (Å²) < 4.78 is 0. The smallest absolute Gasteiger partial charge is 0.0323 e. The zero-order valence-corrected chi connectivity index (χ0v) is 29.8. The third-order valence-corrected chi connectivity index (χ3v) is 8.65. The molecular weight excluding hydrogens is 487 g/mol. The van der Waals surface area contributed by atoms with Crippen molar-refractivity contribution in [3.63, 3.8) is 0 Å². The molecule has 1 heteroatoms. The molecule has 0 fully saturated rings. The van der Waals surface area contributed by atoms with Crippen LogP contribution in [0.15, 0.2) is 24.3 Å². The summed E-state index contributed by atoms with van der Waals surface area (Å²) in [5.74, 6) is 3.79. The van der Waals surface area contributed by atoms with E-state index in [0.717, 1.165) is 0 Å². The van der Waals surface area contributed by atoms with Crippen LogP contribution in [0.2, 0.25) is 0 Å². The molecule has 0 saturated carbocycles. The fourth-order valence-corrected chi connectivity index (χ4v) is 6.42. The van der Waals surface area contributed by atoms with Crippen LogP contribution in [0.4, 0.5) is 0 Å². The molecule has 0 radical (unpaired) electrons. The lowest BCUT2D eigenvalue weighted by molar-refractivity contribution is 0.546. The Morgan fingerprint density at radius 1 is 0.410 bits per heavy atom. The Morgan fingerprint density at radius 2 is 0.692 bits per heavy atom. The van der Waals surface area contributed by atoms with Crippen LogP contribution in [0.3, 0.4) is 0 Å². The summed E-state index contributed by atoms with van der Waals surface area (Å²) >= 11 is 0. The van der Waals surface area contributed by atoms with Crippen LogP contribution in [-0.2, 0) is 32.5 Å². The summed E-state index contributed by atoms with van der Waals surface area (Å²) in [5.41, 5.74) is 13.7. The summed E-state index contributed by atoms with van der Waals surface area (Å²) in [6.45, 7) is 42.0. The van der Waals surface area contributed by atoms with Crippen LogP contribution >= 0.6 is 8.58 Å². The lowest BCUT2D eigenvalue weighted by Crippen LogP contribution is -2.30. The Balaban J connectivity index is 2.91. The lowest BCUT2D eigenvalue weighted by Gasteiger charge is -2.33. The highest BCUT2D eigenvalue weighted by molar-refractivity contribution is 7.52. The van der Waals surface area contributed by atoms with E-state index in [1.807, 2.05) is 0 Å². The van der Waals surface area contributed by atoms with E-state index in [1.165, 1.54) is 44.2 Å². The largest absolute Gasteiger partial charge is 0.0697 e. The van der Waals surface area contributed by atoms with Crippen LogP contribution in [0.5, 0.6) is 0 Å². The maximum absolute atomic E-state index is 3.79. The molecule has 0 aliphatic carbocycles. The van der Waals surface area contributed by atoms with Gasteiger partial charge < -0.3 is 0 Å². The van der Waals surface area contributed by atoms with Crippen LogP contribution in [-0.4, -0.2) is 0 Å². The Kier molecular flexibility index (Phi) is 9.21. The molecule has 2 aromatic carbocycles. The molecular formula is C38H59P. The highest BCUT2D eigenvalue weighted by Gasteiger charge is 2.30. The predicted octanol–water partition coefficient (Wildman–Crippen LogP) is 10.8. The molecule has 0 bridgehead atoms. The van der Waals surface area contributed by atoms with Gasteiger partial charge in [0.1, 0.15) is 0 Å². The minimum absolute atomic E-state index is 0.00980. The van der Waals surface area contributed by atoms with E-state index in [0.29, 0.717) is 8.58 Å². The molecule has 2 aromatic rings. The van der Waals surface area contributed by atoms with E-state index < -0.39 is 0 Å². The van der Waals surface area contributed by atoms with E-state index in [1.54, 1.807) is 0 Å². The van der Waals surface area contributed by atoms with Crippen molar-refractivity contribution in [3.8, 4) is 11.6 Å². The quantitative estimate of drug-likeness (QED) is 0.246. The minimum Gasteiger partial charge on any atom is -0.0697 e. The number of benzene rings is 2. The SMILES string of the molecule is CC(C)(C)c1cc(C(C)(C)C)c(C#CPc2c(C(C)(C)C)cc(C(C)(C)C)cc2C(C)(C)C)c(C(C)(C)C)c1. The van der Waals surface area contributed by atoms with Gasteiger partial charge in [-0.1, -0.05) is 160 Å². The Morgan fingerprint density at radius 3 is 0.949 bits per heavy atom. The molecule has 1 unspecified atom stereocenters. The molecule has 0 saturated heterocycles. The van der Waals surface area contributed by atoms with Gasteiger partial charge in [-0.05, 0) is 79.8 Å². The van der Waals surface area contributed by atoms with Crippen LogP contribution in [0.25, 0.3) is 0 Å². The molecule has 0 spiro atoms. The van der Waals surface area contributed by atoms with Gasteiger partial charge in [0.25, 0.3) is 0 Å². The Bertz CT molecular complexity index is 1180. The van der Waals surface area contributed by atoms with Crippen molar-refractivity contribution in [1.29, 1.82) is 0 Å². The second kappa shape index (κ2) is 10.7. The van der Waals surface area contributed by atoms with Crippen molar-refractivity contribution < 1.29 is 0 Å². The molecule has 0 heterocycles. The van der Waals surface area contributed by atoms with Crippen molar-refractivity contribution in [2.45, 2.75) is 157 Å². The highest BCUT2D eigenvalue weighted by Crippen LogP contribution is 2.39. The highest BCUT2D eigenvalue weighted by atomic mass is 31.1. The summed E-state index contributed by atoms with van der Waals surface area (Å²) in [5, 5.41) is 1.44. The summed E-state index contributed by atoms with van der Waals surface area (Å²) in [6, 6.07) is 9.81. The molecule has 0 aliphatic heterocycles. The van der Waals surface area contributed by atoms with Crippen molar-refractivity contribution >= 4 is 13.9 Å². The second-order valence-corrected chi connectivity index (χ2v) is 18.8.